The van der Waals surface area contributed by atoms with Crippen molar-refractivity contribution in [3.63, 3.8) is 0 Å². The fourth-order valence-corrected chi connectivity index (χ4v) is 1.31. The van der Waals surface area contributed by atoms with Gasteiger partial charge in [-0.3, -0.25) is 5.10 Å². The lowest BCUT2D eigenvalue weighted by Gasteiger charge is -2.08. The molecule has 56 valence electrons. The molecule has 2 rings (SSSR count). The first kappa shape index (κ1) is 6.34. The lowest BCUT2D eigenvalue weighted by Crippen LogP contribution is -2.04. The van der Waals surface area contributed by atoms with E-state index in [4.69, 9.17) is 0 Å². The van der Waals surface area contributed by atoms with Crippen molar-refractivity contribution in [3.8, 4) is 0 Å². The van der Waals surface area contributed by atoms with Crippen molar-refractivity contribution < 1.29 is 4.79 Å². The van der Waals surface area contributed by atoms with Crippen molar-refractivity contribution in [2.24, 2.45) is 0 Å². The van der Waals surface area contributed by atoms with Gasteiger partial charge in [0.25, 0.3) is 0 Å². The number of aromatic nitrogens is 2. The van der Waals surface area contributed by atoms with Gasteiger partial charge in [0, 0.05) is 11.8 Å². The highest BCUT2D eigenvalue weighted by Crippen LogP contribution is 2.25. The van der Waals surface area contributed by atoms with E-state index in [9.17, 15) is 4.79 Å². The molecular weight excluding hydrogens is 140 g/mol. The monoisotopic (exact) mass is 148 g/mol. The number of hydrogen-bond donors (Lipinski definition) is 1. The van der Waals surface area contributed by atoms with Gasteiger partial charge in [-0.15, -0.1) is 0 Å². The number of rotatable bonds is 1. The molecule has 1 aliphatic rings. The summed E-state index contributed by atoms with van der Waals surface area (Å²) in [6, 6.07) is 0. The van der Waals surface area contributed by atoms with Crippen molar-refractivity contribution in [3.05, 3.63) is 23.5 Å². The van der Waals surface area contributed by atoms with E-state index in [1.807, 2.05) is 18.3 Å². The first-order chi connectivity index (χ1) is 5.42. The van der Waals surface area contributed by atoms with Gasteiger partial charge in [-0.25, -0.2) is 0 Å². The highest BCUT2D eigenvalue weighted by atomic mass is 16.1. The molecular formula is C8H8N2O. The van der Waals surface area contributed by atoms with Crippen LogP contribution in [-0.2, 0) is 4.79 Å². The highest BCUT2D eigenvalue weighted by molar-refractivity contribution is 5.68. The summed E-state index contributed by atoms with van der Waals surface area (Å²) in [5, 5.41) is 6.75. The number of carbonyl (C=O) groups excluding carboxylic acids is 1. The first-order valence-electron chi connectivity index (χ1n) is 3.57. The normalized spacial score (nSPS) is 21.3. The number of nitrogens with zero attached hydrogens (tertiary/aromatic N) is 1. The van der Waals surface area contributed by atoms with Crippen LogP contribution in [0, 0.1) is 0 Å². The Hall–Kier alpha value is -1.38. The molecule has 1 heterocycles. The van der Waals surface area contributed by atoms with Crippen molar-refractivity contribution in [2.45, 2.75) is 12.3 Å². The van der Waals surface area contributed by atoms with Crippen molar-refractivity contribution >= 4 is 12.4 Å². The molecule has 0 bridgehead atoms. The van der Waals surface area contributed by atoms with Gasteiger partial charge in [-0.2, -0.15) is 5.10 Å². The third kappa shape index (κ3) is 0.888. The Morgan fingerprint density at radius 3 is 3.45 bits per heavy atom. The Bertz CT molecular complexity index is 301. The average molecular weight is 148 g/mol. The van der Waals surface area contributed by atoms with E-state index < -0.39 is 0 Å². The van der Waals surface area contributed by atoms with E-state index in [1.165, 1.54) is 0 Å². The van der Waals surface area contributed by atoms with Crippen molar-refractivity contribution in [2.75, 3.05) is 0 Å². The van der Waals surface area contributed by atoms with Crippen molar-refractivity contribution in [1.82, 2.24) is 10.2 Å². The van der Waals surface area contributed by atoms with Crippen LogP contribution < -0.4 is 0 Å². The molecule has 1 aromatic heterocycles. The second-order valence-electron chi connectivity index (χ2n) is 2.61. The molecule has 3 nitrogen and oxygen atoms in total. The lowest BCUT2D eigenvalue weighted by atomic mass is 9.95. The van der Waals surface area contributed by atoms with Gasteiger partial charge in [-0.1, -0.05) is 12.2 Å². The second-order valence-corrected chi connectivity index (χ2v) is 2.61. The van der Waals surface area contributed by atoms with Gasteiger partial charge in [-0.05, 0) is 6.42 Å². The van der Waals surface area contributed by atoms with Crippen molar-refractivity contribution in [1.29, 1.82) is 0 Å². The SMILES string of the molecule is O=CC1CC=Cc2c[nH]nc21. The molecule has 0 aliphatic heterocycles. The number of hydrogen-bond acceptors (Lipinski definition) is 2. The maximum absolute atomic E-state index is 10.5. The summed E-state index contributed by atoms with van der Waals surface area (Å²) in [5.41, 5.74) is 1.91. The van der Waals surface area contributed by atoms with E-state index in [0.717, 1.165) is 24.0 Å². The number of allylic oxidation sites excluding steroid dienone is 1. The molecule has 1 unspecified atom stereocenters. The summed E-state index contributed by atoms with van der Waals surface area (Å²) >= 11 is 0. The summed E-state index contributed by atoms with van der Waals surface area (Å²) in [5.74, 6) is -0.0405. The smallest absolute Gasteiger partial charge is 0.129 e. The maximum atomic E-state index is 10.5. The first-order valence-corrected chi connectivity index (χ1v) is 3.57. The molecule has 3 heteroatoms. The third-order valence-electron chi connectivity index (χ3n) is 1.90. The average Bonchev–Trinajstić information content (AvgIpc) is 2.50. The fraction of sp³-hybridized carbons (Fsp3) is 0.250. The molecule has 1 atom stereocenters. The maximum Gasteiger partial charge on any atom is 0.129 e. The van der Waals surface area contributed by atoms with Crippen LogP contribution >= 0.6 is 0 Å². The zero-order valence-electron chi connectivity index (χ0n) is 5.95. The minimum absolute atomic E-state index is 0.0405. The van der Waals surface area contributed by atoms with Gasteiger partial charge in [0.15, 0.2) is 0 Å². The number of H-pyrrole nitrogens is 1. The molecule has 0 amide bonds. The van der Waals surface area contributed by atoms with Gasteiger partial charge < -0.3 is 4.79 Å². The zero-order chi connectivity index (χ0) is 7.68. The molecule has 0 aromatic carbocycles. The Kier molecular flexibility index (Phi) is 1.35. The molecule has 0 saturated carbocycles. The van der Waals surface area contributed by atoms with Crippen LogP contribution in [0.2, 0.25) is 0 Å². The quantitative estimate of drug-likeness (QED) is 0.606. The largest absolute Gasteiger partial charge is 0.303 e. The fourth-order valence-electron chi connectivity index (χ4n) is 1.31. The molecule has 1 aliphatic carbocycles. The standard InChI is InChI=1S/C8H8N2O/c11-5-7-3-1-2-6-4-9-10-8(6)7/h1-2,4-5,7H,3H2,(H,9,10). The number of carbonyl (C=O) groups is 1. The van der Waals surface area contributed by atoms with Gasteiger partial charge in [0.2, 0.25) is 0 Å². The molecule has 1 aromatic rings. The number of fused-ring (bicyclic) bond motifs is 1. The molecule has 0 spiro atoms. The number of nitrogens with one attached hydrogen (secondary N) is 1. The highest BCUT2D eigenvalue weighted by Gasteiger charge is 2.17. The Labute approximate surface area is 64.1 Å². The van der Waals surface area contributed by atoms with E-state index >= 15 is 0 Å². The van der Waals surface area contributed by atoms with E-state index in [0.29, 0.717) is 0 Å². The van der Waals surface area contributed by atoms with E-state index in [2.05, 4.69) is 10.2 Å². The zero-order valence-corrected chi connectivity index (χ0v) is 5.95. The summed E-state index contributed by atoms with van der Waals surface area (Å²) in [6.45, 7) is 0. The summed E-state index contributed by atoms with van der Waals surface area (Å²) in [4.78, 5) is 10.5. The number of aromatic amines is 1. The number of aldehydes is 1. The van der Waals surface area contributed by atoms with Crippen LogP contribution in [0.5, 0.6) is 0 Å². The second kappa shape index (κ2) is 2.34. The lowest BCUT2D eigenvalue weighted by molar-refractivity contribution is -0.109. The third-order valence-corrected chi connectivity index (χ3v) is 1.90. The summed E-state index contributed by atoms with van der Waals surface area (Å²) in [6.07, 6.45) is 7.52. The summed E-state index contributed by atoms with van der Waals surface area (Å²) < 4.78 is 0. The Balaban J connectivity index is 2.48. The van der Waals surface area contributed by atoms with Crippen LogP contribution in [-0.4, -0.2) is 16.5 Å². The minimum atomic E-state index is -0.0405. The predicted octanol–water partition coefficient (Wildman–Crippen LogP) is 1.11. The molecule has 0 fully saturated rings. The van der Waals surface area contributed by atoms with Crippen LogP contribution in [0.3, 0.4) is 0 Å². The van der Waals surface area contributed by atoms with Gasteiger partial charge in [0.1, 0.15) is 6.29 Å². The molecule has 0 radical (unpaired) electrons. The molecule has 1 N–H and O–H groups in total. The summed E-state index contributed by atoms with van der Waals surface area (Å²) in [7, 11) is 0. The van der Waals surface area contributed by atoms with Gasteiger partial charge >= 0.3 is 0 Å². The van der Waals surface area contributed by atoms with Crippen LogP contribution in [0.15, 0.2) is 12.3 Å². The minimum Gasteiger partial charge on any atom is -0.303 e. The predicted molar refractivity (Wildman–Crippen MR) is 41.0 cm³/mol. The van der Waals surface area contributed by atoms with Crippen LogP contribution in [0.4, 0.5) is 0 Å². The van der Waals surface area contributed by atoms with Crippen LogP contribution in [0.1, 0.15) is 23.6 Å². The van der Waals surface area contributed by atoms with E-state index in [-0.39, 0.29) is 5.92 Å². The molecule has 11 heavy (non-hydrogen) atoms. The topological polar surface area (TPSA) is 45.8 Å². The van der Waals surface area contributed by atoms with E-state index in [1.54, 1.807) is 0 Å². The molecule has 0 saturated heterocycles. The Morgan fingerprint density at radius 1 is 1.73 bits per heavy atom. The Morgan fingerprint density at radius 2 is 2.64 bits per heavy atom. The van der Waals surface area contributed by atoms with Gasteiger partial charge in [0.05, 0.1) is 11.6 Å². The van der Waals surface area contributed by atoms with Crippen LogP contribution in [0.25, 0.3) is 6.08 Å².